The van der Waals surface area contributed by atoms with Crippen molar-refractivity contribution in [2.75, 3.05) is 20.4 Å². The van der Waals surface area contributed by atoms with Crippen LogP contribution in [-0.4, -0.2) is 20.4 Å². The van der Waals surface area contributed by atoms with Crippen molar-refractivity contribution in [2.45, 2.75) is 18.6 Å². The molecule has 112 valence electrons. The summed E-state index contributed by atoms with van der Waals surface area (Å²) >= 11 is 0. The number of benzene rings is 2. The van der Waals surface area contributed by atoms with Gasteiger partial charge in [0.2, 0.25) is 6.79 Å². The molecule has 0 saturated carbocycles. The zero-order chi connectivity index (χ0) is 14.7. The fraction of sp³-hybridized carbons (Fsp3) is 0.333. The summed E-state index contributed by atoms with van der Waals surface area (Å²) in [6, 6.07) is 10.8. The average molecular weight is 295 g/mol. The van der Waals surface area contributed by atoms with Crippen LogP contribution in [0.25, 0.3) is 11.1 Å². The molecule has 0 amide bonds. The fourth-order valence-electron chi connectivity index (χ4n) is 4.08. The molecule has 2 atom stereocenters. The van der Waals surface area contributed by atoms with Gasteiger partial charge in [-0.25, -0.2) is 0 Å². The van der Waals surface area contributed by atoms with Crippen molar-refractivity contribution >= 4 is 0 Å². The molecule has 1 N–H and O–H groups in total. The second kappa shape index (κ2) is 4.48. The first-order valence-electron chi connectivity index (χ1n) is 7.69. The molecule has 4 heteroatoms. The smallest absolute Gasteiger partial charge is 0.231 e. The van der Waals surface area contributed by atoms with Gasteiger partial charge in [0.05, 0.1) is 6.04 Å². The third-order valence-corrected chi connectivity index (χ3v) is 4.95. The van der Waals surface area contributed by atoms with Gasteiger partial charge in [-0.15, -0.1) is 0 Å². The molecule has 2 aromatic carbocycles. The second-order valence-corrected chi connectivity index (χ2v) is 5.98. The quantitative estimate of drug-likeness (QED) is 0.878. The van der Waals surface area contributed by atoms with Gasteiger partial charge in [-0.3, -0.25) is 0 Å². The van der Waals surface area contributed by atoms with Gasteiger partial charge in [0.25, 0.3) is 0 Å². The summed E-state index contributed by atoms with van der Waals surface area (Å²) in [5, 5.41) is 3.63. The van der Waals surface area contributed by atoms with Crippen molar-refractivity contribution in [1.29, 1.82) is 0 Å². The SMILES string of the molecule is COC1c2ccccc2-c2c3c(cc4c2C1NCC4)OCO3. The van der Waals surface area contributed by atoms with Crippen molar-refractivity contribution in [3.05, 3.63) is 47.0 Å². The van der Waals surface area contributed by atoms with E-state index in [9.17, 15) is 0 Å². The zero-order valence-corrected chi connectivity index (χ0v) is 12.4. The Morgan fingerprint density at radius 3 is 3.05 bits per heavy atom. The van der Waals surface area contributed by atoms with Crippen LogP contribution in [0.5, 0.6) is 11.5 Å². The van der Waals surface area contributed by atoms with Crippen LogP contribution in [-0.2, 0) is 11.2 Å². The van der Waals surface area contributed by atoms with Crippen molar-refractivity contribution < 1.29 is 14.2 Å². The number of nitrogens with one attached hydrogen (secondary N) is 1. The summed E-state index contributed by atoms with van der Waals surface area (Å²) in [4.78, 5) is 0. The Balaban J connectivity index is 1.89. The molecule has 5 rings (SSSR count). The van der Waals surface area contributed by atoms with Crippen molar-refractivity contribution in [3.8, 4) is 22.6 Å². The van der Waals surface area contributed by atoms with E-state index in [0.717, 1.165) is 24.5 Å². The predicted octanol–water partition coefficient (Wildman–Crippen LogP) is 2.97. The molecular formula is C18H17NO3. The lowest BCUT2D eigenvalue weighted by molar-refractivity contribution is 0.0641. The summed E-state index contributed by atoms with van der Waals surface area (Å²) in [5.41, 5.74) is 6.27. The van der Waals surface area contributed by atoms with E-state index < -0.39 is 0 Å². The van der Waals surface area contributed by atoms with E-state index in [1.165, 1.54) is 27.8 Å². The molecule has 0 radical (unpaired) electrons. The Kier molecular flexibility index (Phi) is 2.54. The minimum Gasteiger partial charge on any atom is -0.454 e. The van der Waals surface area contributed by atoms with Crippen LogP contribution in [0.4, 0.5) is 0 Å². The van der Waals surface area contributed by atoms with Crippen LogP contribution in [0.15, 0.2) is 30.3 Å². The molecule has 2 unspecified atom stereocenters. The number of hydrogen-bond donors (Lipinski definition) is 1. The van der Waals surface area contributed by atoms with Crippen LogP contribution in [0.2, 0.25) is 0 Å². The number of rotatable bonds is 1. The van der Waals surface area contributed by atoms with E-state index >= 15 is 0 Å². The van der Waals surface area contributed by atoms with Crippen LogP contribution in [0.3, 0.4) is 0 Å². The summed E-state index contributed by atoms with van der Waals surface area (Å²) in [7, 11) is 1.79. The standard InChI is InChI=1S/C18H17NO3/c1-20-17-12-5-3-2-4-11(12)15-14-10(6-7-19-16(14)17)8-13-18(15)22-9-21-13/h2-5,8,16-17,19H,6-7,9H2,1H3. The molecule has 4 nitrogen and oxygen atoms in total. The maximum Gasteiger partial charge on any atom is 0.231 e. The molecule has 0 bridgehead atoms. The Morgan fingerprint density at radius 2 is 2.14 bits per heavy atom. The monoisotopic (exact) mass is 295 g/mol. The summed E-state index contributed by atoms with van der Waals surface area (Å²) in [6.45, 7) is 1.26. The number of hydrogen-bond acceptors (Lipinski definition) is 4. The van der Waals surface area contributed by atoms with Gasteiger partial charge >= 0.3 is 0 Å². The van der Waals surface area contributed by atoms with Gasteiger partial charge < -0.3 is 19.5 Å². The summed E-state index contributed by atoms with van der Waals surface area (Å²) < 4.78 is 17.3. The Hall–Kier alpha value is -2.04. The van der Waals surface area contributed by atoms with E-state index in [2.05, 4.69) is 35.6 Å². The normalized spacial score (nSPS) is 23.9. The summed E-state index contributed by atoms with van der Waals surface area (Å²) in [6.07, 6.45) is 1.04. The molecule has 1 aliphatic carbocycles. The first kappa shape index (κ1) is 12.5. The number of ether oxygens (including phenoxy) is 3. The van der Waals surface area contributed by atoms with Crippen molar-refractivity contribution in [1.82, 2.24) is 5.32 Å². The molecule has 2 aromatic rings. The van der Waals surface area contributed by atoms with E-state index in [-0.39, 0.29) is 12.1 Å². The van der Waals surface area contributed by atoms with Gasteiger partial charge in [0.15, 0.2) is 11.5 Å². The second-order valence-electron chi connectivity index (χ2n) is 5.98. The van der Waals surface area contributed by atoms with Crippen LogP contribution >= 0.6 is 0 Å². The number of methoxy groups -OCH3 is 1. The molecular weight excluding hydrogens is 278 g/mol. The maximum absolute atomic E-state index is 5.85. The fourth-order valence-corrected chi connectivity index (χ4v) is 4.08. The number of fused-ring (bicyclic) bond motifs is 4. The van der Waals surface area contributed by atoms with Gasteiger partial charge in [0, 0.05) is 12.7 Å². The molecule has 0 saturated heterocycles. The van der Waals surface area contributed by atoms with Crippen LogP contribution < -0.4 is 14.8 Å². The largest absolute Gasteiger partial charge is 0.454 e. The lowest BCUT2D eigenvalue weighted by Crippen LogP contribution is -2.37. The molecule has 3 aliphatic rings. The lowest BCUT2D eigenvalue weighted by Gasteiger charge is -2.39. The Labute approximate surface area is 129 Å². The first-order valence-corrected chi connectivity index (χ1v) is 7.69. The highest BCUT2D eigenvalue weighted by atomic mass is 16.7. The predicted molar refractivity (Wildman–Crippen MR) is 82.2 cm³/mol. The van der Waals surface area contributed by atoms with E-state index in [1.807, 2.05) is 0 Å². The molecule has 0 spiro atoms. The lowest BCUT2D eigenvalue weighted by atomic mass is 9.76. The molecule has 2 aliphatic heterocycles. The van der Waals surface area contributed by atoms with Crippen LogP contribution in [0.1, 0.15) is 28.8 Å². The van der Waals surface area contributed by atoms with Crippen molar-refractivity contribution in [3.63, 3.8) is 0 Å². The van der Waals surface area contributed by atoms with Gasteiger partial charge in [-0.2, -0.15) is 0 Å². The maximum atomic E-state index is 5.85. The topological polar surface area (TPSA) is 39.7 Å². The Morgan fingerprint density at radius 1 is 1.23 bits per heavy atom. The minimum atomic E-state index is 0.0307. The third kappa shape index (κ3) is 1.49. The molecule has 2 heterocycles. The Bertz CT molecular complexity index is 771. The van der Waals surface area contributed by atoms with Gasteiger partial charge in [-0.1, -0.05) is 24.3 Å². The van der Waals surface area contributed by atoms with Crippen molar-refractivity contribution in [2.24, 2.45) is 0 Å². The van der Waals surface area contributed by atoms with Gasteiger partial charge in [0.1, 0.15) is 6.10 Å². The molecule has 22 heavy (non-hydrogen) atoms. The summed E-state index contributed by atoms with van der Waals surface area (Å²) in [5.74, 6) is 1.76. The minimum absolute atomic E-state index is 0.0307. The van der Waals surface area contributed by atoms with E-state index in [1.54, 1.807) is 7.11 Å². The zero-order valence-electron chi connectivity index (χ0n) is 12.4. The third-order valence-electron chi connectivity index (χ3n) is 4.95. The van der Waals surface area contributed by atoms with E-state index in [4.69, 9.17) is 14.2 Å². The first-order chi connectivity index (χ1) is 10.9. The molecule has 0 aromatic heterocycles. The van der Waals surface area contributed by atoms with Crippen LogP contribution in [0, 0.1) is 0 Å². The highest BCUT2D eigenvalue weighted by Gasteiger charge is 2.40. The highest BCUT2D eigenvalue weighted by Crippen LogP contribution is 2.55. The molecule has 0 fully saturated rings. The van der Waals surface area contributed by atoms with E-state index in [0.29, 0.717) is 6.79 Å². The average Bonchev–Trinajstić information content (AvgIpc) is 3.03. The highest BCUT2D eigenvalue weighted by molar-refractivity contribution is 5.84. The van der Waals surface area contributed by atoms with Gasteiger partial charge in [-0.05, 0) is 41.3 Å².